The molecule has 0 aliphatic heterocycles. The van der Waals surface area contributed by atoms with E-state index in [1.54, 1.807) is 0 Å². The zero-order valence-corrected chi connectivity index (χ0v) is 20.5. The summed E-state index contributed by atoms with van der Waals surface area (Å²) in [6, 6.07) is 0. The first-order valence-corrected chi connectivity index (χ1v) is 15.4. The summed E-state index contributed by atoms with van der Waals surface area (Å²) in [5.74, 6) is 0.371. The lowest BCUT2D eigenvalue weighted by Gasteiger charge is -2.41. The summed E-state index contributed by atoms with van der Waals surface area (Å²) in [6.07, 6.45) is 5.70. The van der Waals surface area contributed by atoms with E-state index in [0.29, 0.717) is 5.92 Å². The Morgan fingerprint density at radius 3 is 1.71 bits per heavy atom. The van der Waals surface area contributed by atoms with Gasteiger partial charge in [0.15, 0.2) is 16.6 Å². The van der Waals surface area contributed by atoms with E-state index in [2.05, 4.69) is 93.7 Å². The van der Waals surface area contributed by atoms with Crippen LogP contribution in [0.15, 0.2) is 12.2 Å². The average molecular weight is 373 g/mol. The second-order valence-corrected chi connectivity index (χ2v) is 19.8. The van der Waals surface area contributed by atoms with Crippen LogP contribution in [0.3, 0.4) is 0 Å². The van der Waals surface area contributed by atoms with Crippen molar-refractivity contribution >= 4 is 16.6 Å². The summed E-state index contributed by atoms with van der Waals surface area (Å²) in [4.78, 5) is 0. The van der Waals surface area contributed by atoms with Gasteiger partial charge in [-0.2, -0.15) is 0 Å². The fraction of sp³-hybridized carbons (Fsp3) is 0.900. The second-order valence-electron chi connectivity index (χ2n) is 10.2. The SMILES string of the molecule is CC/C=C/[C@H](O[Si](C)(C)C(C)(C)C)[C@@H](C)CO[Si](C)(C)C(C)(C)C. The minimum Gasteiger partial charge on any atom is -0.416 e. The molecule has 0 heterocycles. The van der Waals surface area contributed by atoms with Crippen LogP contribution in [0.2, 0.25) is 36.3 Å². The molecular formula is C20H44O2Si2. The average Bonchev–Trinajstić information content (AvgIpc) is 2.38. The van der Waals surface area contributed by atoms with E-state index in [1.165, 1.54) is 0 Å². The lowest BCUT2D eigenvalue weighted by atomic mass is 10.1. The first kappa shape index (κ1) is 24.1. The third-order valence-corrected chi connectivity index (χ3v) is 14.8. The maximum Gasteiger partial charge on any atom is 0.192 e. The standard InChI is InChI=1S/C20H44O2Si2/c1-13-14-15-18(22-24(11,12)20(6,7)8)17(2)16-21-23(9,10)19(3,4)5/h14-15,17-18H,13,16H2,1-12H3/b15-14+/t17-,18-/m0/s1. The van der Waals surface area contributed by atoms with Crippen LogP contribution in [0.4, 0.5) is 0 Å². The molecule has 0 aromatic carbocycles. The first-order chi connectivity index (χ1) is 10.5. The minimum atomic E-state index is -1.79. The molecule has 0 unspecified atom stereocenters. The minimum absolute atomic E-state index is 0.149. The van der Waals surface area contributed by atoms with Gasteiger partial charge in [0.2, 0.25) is 0 Å². The van der Waals surface area contributed by atoms with Gasteiger partial charge in [-0.1, -0.05) is 67.5 Å². The van der Waals surface area contributed by atoms with Gasteiger partial charge in [0.1, 0.15) is 0 Å². The lowest BCUT2D eigenvalue weighted by molar-refractivity contribution is 0.120. The highest BCUT2D eigenvalue weighted by Gasteiger charge is 2.41. The van der Waals surface area contributed by atoms with E-state index >= 15 is 0 Å². The van der Waals surface area contributed by atoms with Gasteiger partial charge >= 0.3 is 0 Å². The van der Waals surface area contributed by atoms with Gasteiger partial charge < -0.3 is 8.85 Å². The van der Waals surface area contributed by atoms with Crippen molar-refractivity contribution in [2.75, 3.05) is 6.61 Å². The molecule has 0 aliphatic carbocycles. The number of rotatable bonds is 8. The number of hydrogen-bond acceptors (Lipinski definition) is 2. The van der Waals surface area contributed by atoms with Crippen molar-refractivity contribution < 1.29 is 8.85 Å². The molecule has 0 spiro atoms. The Morgan fingerprint density at radius 2 is 1.33 bits per heavy atom. The third kappa shape index (κ3) is 7.14. The fourth-order valence-corrected chi connectivity index (χ4v) is 4.24. The Balaban J connectivity index is 5.10. The largest absolute Gasteiger partial charge is 0.416 e. The van der Waals surface area contributed by atoms with E-state index in [9.17, 15) is 0 Å². The molecule has 2 nitrogen and oxygen atoms in total. The molecule has 0 amide bonds. The fourth-order valence-electron chi connectivity index (χ4n) is 1.78. The molecule has 0 radical (unpaired) electrons. The van der Waals surface area contributed by atoms with Gasteiger partial charge in [-0.25, -0.2) is 0 Å². The molecule has 2 atom stereocenters. The van der Waals surface area contributed by atoms with Crippen molar-refractivity contribution in [2.24, 2.45) is 5.92 Å². The maximum absolute atomic E-state index is 6.70. The molecule has 144 valence electrons. The molecule has 0 bridgehead atoms. The van der Waals surface area contributed by atoms with Crippen LogP contribution in [0.5, 0.6) is 0 Å². The molecule has 0 aromatic heterocycles. The van der Waals surface area contributed by atoms with Crippen molar-refractivity contribution in [3.8, 4) is 0 Å². The molecule has 0 rings (SSSR count). The van der Waals surface area contributed by atoms with E-state index in [0.717, 1.165) is 13.0 Å². The van der Waals surface area contributed by atoms with Gasteiger partial charge in [-0.05, 0) is 42.7 Å². The van der Waals surface area contributed by atoms with Gasteiger partial charge in [-0.3, -0.25) is 0 Å². The van der Waals surface area contributed by atoms with Crippen molar-refractivity contribution in [3.63, 3.8) is 0 Å². The Bertz CT molecular complexity index is 401. The van der Waals surface area contributed by atoms with Crippen LogP contribution in [-0.2, 0) is 8.85 Å². The molecule has 0 N–H and O–H groups in total. The van der Waals surface area contributed by atoms with Crippen molar-refractivity contribution in [1.82, 2.24) is 0 Å². The third-order valence-electron chi connectivity index (χ3n) is 5.87. The molecule has 24 heavy (non-hydrogen) atoms. The van der Waals surface area contributed by atoms with Gasteiger partial charge in [0, 0.05) is 12.5 Å². The molecular weight excluding hydrogens is 328 g/mol. The van der Waals surface area contributed by atoms with E-state index in [1.807, 2.05) is 0 Å². The zero-order valence-electron chi connectivity index (χ0n) is 18.5. The highest BCUT2D eigenvalue weighted by molar-refractivity contribution is 6.74. The van der Waals surface area contributed by atoms with Gasteiger partial charge in [-0.15, -0.1) is 0 Å². The molecule has 0 fully saturated rings. The normalized spacial score (nSPS) is 17.3. The van der Waals surface area contributed by atoms with Crippen LogP contribution in [0.25, 0.3) is 0 Å². The summed E-state index contributed by atoms with van der Waals surface area (Å²) < 4.78 is 13.2. The highest BCUT2D eigenvalue weighted by atomic mass is 28.4. The number of hydrogen-bond donors (Lipinski definition) is 0. The summed E-state index contributed by atoms with van der Waals surface area (Å²) in [7, 11) is -3.50. The predicted molar refractivity (Wildman–Crippen MR) is 114 cm³/mol. The van der Waals surface area contributed by atoms with Crippen LogP contribution >= 0.6 is 0 Å². The topological polar surface area (TPSA) is 18.5 Å². The summed E-state index contributed by atoms with van der Waals surface area (Å²) in [5, 5.41) is 0.479. The predicted octanol–water partition coefficient (Wildman–Crippen LogP) is 7.00. The van der Waals surface area contributed by atoms with Crippen LogP contribution in [0, 0.1) is 5.92 Å². The Kier molecular flexibility index (Phi) is 8.69. The van der Waals surface area contributed by atoms with Gasteiger partial charge in [0.05, 0.1) is 6.10 Å². The molecule has 0 aromatic rings. The lowest BCUT2D eigenvalue weighted by Crippen LogP contribution is -2.47. The van der Waals surface area contributed by atoms with Gasteiger partial charge in [0.25, 0.3) is 0 Å². The quantitative estimate of drug-likeness (QED) is 0.337. The Hall–Kier alpha value is 0.0938. The Morgan fingerprint density at radius 1 is 0.875 bits per heavy atom. The van der Waals surface area contributed by atoms with E-state index in [4.69, 9.17) is 8.85 Å². The van der Waals surface area contributed by atoms with E-state index < -0.39 is 16.6 Å². The van der Waals surface area contributed by atoms with Crippen LogP contribution in [-0.4, -0.2) is 29.3 Å². The zero-order chi connectivity index (χ0) is 19.4. The highest BCUT2D eigenvalue weighted by Crippen LogP contribution is 2.39. The summed E-state index contributed by atoms with van der Waals surface area (Å²) >= 11 is 0. The molecule has 0 saturated carbocycles. The van der Waals surface area contributed by atoms with Crippen molar-refractivity contribution in [2.45, 2.75) is 104 Å². The van der Waals surface area contributed by atoms with Crippen molar-refractivity contribution in [1.29, 1.82) is 0 Å². The summed E-state index contributed by atoms with van der Waals surface area (Å²) in [5.41, 5.74) is 0. The molecule has 4 heteroatoms. The van der Waals surface area contributed by atoms with Crippen LogP contribution < -0.4 is 0 Å². The second kappa shape index (κ2) is 8.65. The Labute approximate surface area is 154 Å². The van der Waals surface area contributed by atoms with Crippen LogP contribution in [0.1, 0.15) is 61.8 Å². The van der Waals surface area contributed by atoms with Crippen molar-refractivity contribution in [3.05, 3.63) is 12.2 Å². The smallest absolute Gasteiger partial charge is 0.192 e. The van der Waals surface area contributed by atoms with E-state index in [-0.39, 0.29) is 16.2 Å². The number of allylic oxidation sites excluding steroid dienone is 1. The monoisotopic (exact) mass is 372 g/mol. The molecule has 0 aliphatic rings. The summed E-state index contributed by atoms with van der Waals surface area (Å²) in [6.45, 7) is 28.3. The first-order valence-electron chi connectivity index (χ1n) is 9.53. The molecule has 0 saturated heterocycles. The maximum atomic E-state index is 6.70.